The highest BCUT2D eigenvalue weighted by molar-refractivity contribution is 4.70. The number of unbranched alkanes of at least 4 members (excludes halogenated alkanes) is 1. The predicted octanol–water partition coefficient (Wildman–Crippen LogP) is 2.18. The molecule has 0 bridgehead atoms. The van der Waals surface area contributed by atoms with E-state index in [9.17, 15) is 0 Å². The Balaban J connectivity index is 1.47. The van der Waals surface area contributed by atoms with E-state index in [1.54, 1.807) is 0 Å². The summed E-state index contributed by atoms with van der Waals surface area (Å²) >= 11 is 0. The first-order valence-electron chi connectivity index (χ1n) is 8.46. The third kappa shape index (κ3) is 6.24. The van der Waals surface area contributed by atoms with E-state index in [0.29, 0.717) is 0 Å². The van der Waals surface area contributed by atoms with Crippen LogP contribution >= 0.6 is 0 Å². The highest BCUT2D eigenvalue weighted by Gasteiger charge is 2.15. The fraction of sp³-hybridized carbons (Fsp3) is 1.00. The second kappa shape index (κ2) is 8.93. The van der Waals surface area contributed by atoms with Crippen LogP contribution < -0.4 is 5.32 Å². The van der Waals surface area contributed by atoms with Crippen LogP contribution in [-0.2, 0) is 0 Å². The maximum absolute atomic E-state index is 3.42. The van der Waals surface area contributed by atoms with Crippen molar-refractivity contribution in [3.8, 4) is 0 Å². The SMILES string of the molecule is CN(CCCCN1CCNCC1)CC1CCCCC1. The van der Waals surface area contributed by atoms with Crippen molar-refractivity contribution in [3.63, 3.8) is 0 Å². The fourth-order valence-corrected chi connectivity index (χ4v) is 3.55. The van der Waals surface area contributed by atoms with Crippen LogP contribution in [0.1, 0.15) is 44.9 Å². The third-order valence-electron chi connectivity index (χ3n) is 4.77. The van der Waals surface area contributed by atoms with Crippen LogP contribution in [0, 0.1) is 5.92 Å². The summed E-state index contributed by atoms with van der Waals surface area (Å²) in [5.74, 6) is 0.993. The molecule has 0 aromatic rings. The second-order valence-electron chi connectivity index (χ2n) is 6.57. The first kappa shape index (κ1) is 15.3. The van der Waals surface area contributed by atoms with E-state index in [4.69, 9.17) is 0 Å². The van der Waals surface area contributed by atoms with Gasteiger partial charge in [0.25, 0.3) is 0 Å². The Morgan fingerprint density at radius 2 is 1.79 bits per heavy atom. The third-order valence-corrected chi connectivity index (χ3v) is 4.77. The van der Waals surface area contributed by atoms with E-state index in [0.717, 1.165) is 5.92 Å². The summed E-state index contributed by atoms with van der Waals surface area (Å²) in [7, 11) is 2.32. The van der Waals surface area contributed by atoms with Crippen LogP contribution in [-0.4, -0.2) is 62.7 Å². The lowest BCUT2D eigenvalue weighted by atomic mass is 9.89. The standard InChI is InChI=1S/C16H33N3/c1-18(15-16-7-3-2-4-8-16)11-5-6-12-19-13-9-17-10-14-19/h16-17H,2-15H2,1H3. The zero-order valence-corrected chi connectivity index (χ0v) is 12.9. The molecule has 3 nitrogen and oxygen atoms in total. The van der Waals surface area contributed by atoms with Crippen molar-refractivity contribution >= 4 is 0 Å². The summed E-state index contributed by atoms with van der Waals surface area (Å²) < 4.78 is 0. The summed E-state index contributed by atoms with van der Waals surface area (Å²) in [6.07, 6.45) is 10.1. The number of hydrogen-bond donors (Lipinski definition) is 1. The summed E-state index contributed by atoms with van der Waals surface area (Å²) in [5.41, 5.74) is 0. The Labute approximate surface area is 119 Å². The molecule has 1 saturated heterocycles. The van der Waals surface area contributed by atoms with Crippen LogP contribution in [0.4, 0.5) is 0 Å². The van der Waals surface area contributed by atoms with Gasteiger partial charge in [-0.15, -0.1) is 0 Å². The van der Waals surface area contributed by atoms with E-state index < -0.39 is 0 Å². The Bertz CT molecular complexity index is 220. The minimum Gasteiger partial charge on any atom is -0.314 e. The van der Waals surface area contributed by atoms with E-state index in [1.807, 2.05) is 0 Å². The van der Waals surface area contributed by atoms with E-state index in [-0.39, 0.29) is 0 Å². The molecule has 0 amide bonds. The molecule has 0 atom stereocenters. The lowest BCUT2D eigenvalue weighted by Gasteiger charge is -2.28. The Morgan fingerprint density at radius 3 is 2.53 bits per heavy atom. The van der Waals surface area contributed by atoms with Gasteiger partial charge < -0.3 is 15.1 Å². The zero-order valence-electron chi connectivity index (χ0n) is 12.9. The van der Waals surface area contributed by atoms with Gasteiger partial charge in [0, 0.05) is 32.7 Å². The largest absolute Gasteiger partial charge is 0.314 e. The van der Waals surface area contributed by atoms with Crippen molar-refractivity contribution in [1.29, 1.82) is 0 Å². The maximum Gasteiger partial charge on any atom is 0.0107 e. The van der Waals surface area contributed by atoms with Crippen molar-refractivity contribution in [3.05, 3.63) is 0 Å². The molecule has 19 heavy (non-hydrogen) atoms. The zero-order chi connectivity index (χ0) is 13.3. The number of hydrogen-bond acceptors (Lipinski definition) is 3. The normalized spacial score (nSPS) is 23.1. The van der Waals surface area contributed by atoms with Crippen LogP contribution in [0.25, 0.3) is 0 Å². The monoisotopic (exact) mass is 267 g/mol. The molecule has 0 radical (unpaired) electrons. The van der Waals surface area contributed by atoms with Crippen LogP contribution in [0.3, 0.4) is 0 Å². The second-order valence-corrected chi connectivity index (χ2v) is 6.57. The summed E-state index contributed by atoms with van der Waals surface area (Å²) in [5, 5.41) is 3.42. The van der Waals surface area contributed by atoms with Gasteiger partial charge in [-0.3, -0.25) is 0 Å². The summed E-state index contributed by atoms with van der Waals surface area (Å²) in [6, 6.07) is 0. The first-order chi connectivity index (χ1) is 9.34. The Hall–Kier alpha value is -0.120. The average molecular weight is 267 g/mol. The minimum atomic E-state index is 0.993. The molecule has 1 N–H and O–H groups in total. The molecule has 2 fully saturated rings. The van der Waals surface area contributed by atoms with Crippen molar-refractivity contribution in [2.24, 2.45) is 5.92 Å². The van der Waals surface area contributed by atoms with Crippen molar-refractivity contribution in [2.75, 3.05) is 52.9 Å². The molecule has 1 saturated carbocycles. The van der Waals surface area contributed by atoms with Gasteiger partial charge in [0.1, 0.15) is 0 Å². The van der Waals surface area contributed by atoms with Gasteiger partial charge in [-0.25, -0.2) is 0 Å². The average Bonchev–Trinajstić information content (AvgIpc) is 2.46. The number of rotatable bonds is 7. The van der Waals surface area contributed by atoms with Crippen molar-refractivity contribution < 1.29 is 0 Å². The minimum absolute atomic E-state index is 0.993. The van der Waals surface area contributed by atoms with Gasteiger partial charge in [-0.2, -0.15) is 0 Å². The molecule has 112 valence electrons. The molecular weight excluding hydrogens is 234 g/mol. The molecule has 2 rings (SSSR count). The summed E-state index contributed by atoms with van der Waals surface area (Å²) in [6.45, 7) is 8.80. The van der Waals surface area contributed by atoms with Gasteiger partial charge in [-0.05, 0) is 51.7 Å². The first-order valence-corrected chi connectivity index (χ1v) is 8.46. The van der Waals surface area contributed by atoms with E-state index >= 15 is 0 Å². The molecule has 1 aliphatic heterocycles. The van der Waals surface area contributed by atoms with Gasteiger partial charge in [0.2, 0.25) is 0 Å². The maximum atomic E-state index is 3.42. The number of nitrogens with zero attached hydrogens (tertiary/aromatic N) is 2. The number of piperazine rings is 1. The van der Waals surface area contributed by atoms with Crippen molar-refractivity contribution in [1.82, 2.24) is 15.1 Å². The lowest BCUT2D eigenvalue weighted by molar-refractivity contribution is 0.213. The molecular formula is C16H33N3. The molecule has 0 aromatic heterocycles. The molecule has 0 aromatic carbocycles. The quantitative estimate of drug-likeness (QED) is 0.713. The lowest BCUT2D eigenvalue weighted by Crippen LogP contribution is -2.43. The molecule has 0 unspecified atom stereocenters. The molecule has 3 heteroatoms. The molecule has 2 aliphatic rings. The van der Waals surface area contributed by atoms with Gasteiger partial charge in [0.05, 0.1) is 0 Å². The fourth-order valence-electron chi connectivity index (χ4n) is 3.55. The van der Waals surface area contributed by atoms with E-state index in [1.165, 1.54) is 90.8 Å². The Morgan fingerprint density at radius 1 is 1.05 bits per heavy atom. The van der Waals surface area contributed by atoms with E-state index in [2.05, 4.69) is 22.2 Å². The van der Waals surface area contributed by atoms with Crippen LogP contribution in [0.15, 0.2) is 0 Å². The van der Waals surface area contributed by atoms with Gasteiger partial charge in [-0.1, -0.05) is 19.3 Å². The topological polar surface area (TPSA) is 18.5 Å². The van der Waals surface area contributed by atoms with Crippen molar-refractivity contribution in [2.45, 2.75) is 44.9 Å². The molecule has 1 aliphatic carbocycles. The van der Waals surface area contributed by atoms with Crippen LogP contribution in [0.2, 0.25) is 0 Å². The highest BCUT2D eigenvalue weighted by atomic mass is 15.2. The molecule has 1 heterocycles. The smallest absolute Gasteiger partial charge is 0.0107 e. The Kier molecular flexibility index (Phi) is 7.18. The van der Waals surface area contributed by atoms with Gasteiger partial charge >= 0.3 is 0 Å². The van der Waals surface area contributed by atoms with Crippen LogP contribution in [0.5, 0.6) is 0 Å². The number of nitrogens with one attached hydrogen (secondary N) is 1. The summed E-state index contributed by atoms with van der Waals surface area (Å²) in [4.78, 5) is 5.19. The highest BCUT2D eigenvalue weighted by Crippen LogP contribution is 2.24. The predicted molar refractivity (Wildman–Crippen MR) is 82.6 cm³/mol. The molecule has 0 spiro atoms. The van der Waals surface area contributed by atoms with Gasteiger partial charge in [0.15, 0.2) is 0 Å².